The van der Waals surface area contributed by atoms with Gasteiger partial charge in [0.2, 0.25) is 5.95 Å². The van der Waals surface area contributed by atoms with E-state index in [0.29, 0.717) is 17.3 Å². The molecule has 2 aromatic carbocycles. The summed E-state index contributed by atoms with van der Waals surface area (Å²) in [5.74, 6) is 1.16. The highest BCUT2D eigenvalue weighted by Gasteiger charge is 2.03. The molecule has 2 N–H and O–H groups in total. The van der Waals surface area contributed by atoms with E-state index in [1.54, 1.807) is 24.4 Å². The average molecular weight is 366 g/mol. The van der Waals surface area contributed by atoms with Gasteiger partial charge in [0.15, 0.2) is 0 Å². The summed E-state index contributed by atoms with van der Waals surface area (Å²) in [7, 11) is 0. The predicted octanol–water partition coefficient (Wildman–Crippen LogP) is 4.60. The first-order chi connectivity index (χ1) is 11.2. The Morgan fingerprint density at radius 1 is 0.957 bits per heavy atom. The first kappa shape index (κ1) is 15.0. The number of para-hydroxylation sites is 1. The molecule has 0 aliphatic carbocycles. The Bertz CT molecular complexity index is 855. The number of halogens is 1. The number of rotatable bonds is 4. The number of hydrogen-bond donors (Lipinski definition) is 2. The van der Waals surface area contributed by atoms with Gasteiger partial charge in [0, 0.05) is 16.4 Å². The van der Waals surface area contributed by atoms with Gasteiger partial charge in [0.1, 0.15) is 5.82 Å². The van der Waals surface area contributed by atoms with E-state index >= 15 is 0 Å². The molecule has 3 rings (SSSR count). The van der Waals surface area contributed by atoms with E-state index < -0.39 is 0 Å². The summed E-state index contributed by atoms with van der Waals surface area (Å²) in [6, 6.07) is 18.8. The highest BCUT2D eigenvalue weighted by molar-refractivity contribution is 9.10. The van der Waals surface area contributed by atoms with Crippen LogP contribution in [-0.4, -0.2) is 9.97 Å². The lowest BCUT2D eigenvalue weighted by Crippen LogP contribution is -2.00. The molecule has 0 bridgehead atoms. The molecule has 0 amide bonds. The standard InChI is InChI=1S/C17H12BrN5/c18-14-3-1-2-4-15(14)22-16-9-10-20-17(23-16)21-13-7-5-12(11-19)6-8-13/h1-10H,(H2,20,21,22,23). The van der Waals surface area contributed by atoms with Gasteiger partial charge in [0.25, 0.3) is 0 Å². The van der Waals surface area contributed by atoms with E-state index in [9.17, 15) is 0 Å². The largest absolute Gasteiger partial charge is 0.339 e. The van der Waals surface area contributed by atoms with Gasteiger partial charge in [-0.25, -0.2) is 4.98 Å². The minimum Gasteiger partial charge on any atom is -0.339 e. The van der Waals surface area contributed by atoms with Gasteiger partial charge in [-0.05, 0) is 58.4 Å². The van der Waals surface area contributed by atoms with Crippen LogP contribution in [0.2, 0.25) is 0 Å². The molecule has 0 unspecified atom stereocenters. The van der Waals surface area contributed by atoms with Crippen LogP contribution in [0.4, 0.5) is 23.1 Å². The second-order valence-electron chi connectivity index (χ2n) is 4.68. The van der Waals surface area contributed by atoms with Crippen molar-refractivity contribution in [2.45, 2.75) is 0 Å². The molecule has 0 saturated heterocycles. The van der Waals surface area contributed by atoms with Gasteiger partial charge in [0.05, 0.1) is 17.3 Å². The lowest BCUT2D eigenvalue weighted by Gasteiger charge is -2.09. The molecule has 6 heteroatoms. The van der Waals surface area contributed by atoms with Crippen molar-refractivity contribution in [1.82, 2.24) is 9.97 Å². The molecule has 0 fully saturated rings. The van der Waals surface area contributed by atoms with Crippen molar-refractivity contribution in [3.8, 4) is 6.07 Å². The molecule has 1 heterocycles. The maximum Gasteiger partial charge on any atom is 0.229 e. The van der Waals surface area contributed by atoms with E-state index in [0.717, 1.165) is 15.8 Å². The molecule has 112 valence electrons. The van der Waals surface area contributed by atoms with Crippen molar-refractivity contribution >= 4 is 39.1 Å². The maximum atomic E-state index is 8.81. The lowest BCUT2D eigenvalue weighted by molar-refractivity contribution is 1.16. The van der Waals surface area contributed by atoms with E-state index in [1.807, 2.05) is 36.4 Å². The summed E-state index contributed by atoms with van der Waals surface area (Å²) in [6.07, 6.45) is 1.68. The van der Waals surface area contributed by atoms with Crippen LogP contribution in [0.3, 0.4) is 0 Å². The van der Waals surface area contributed by atoms with Gasteiger partial charge >= 0.3 is 0 Å². The molecule has 0 atom stereocenters. The van der Waals surface area contributed by atoms with Crippen LogP contribution in [0.25, 0.3) is 0 Å². The number of nitrogens with one attached hydrogen (secondary N) is 2. The number of nitriles is 1. The third kappa shape index (κ3) is 3.84. The zero-order valence-corrected chi connectivity index (χ0v) is 13.6. The van der Waals surface area contributed by atoms with E-state index in [-0.39, 0.29) is 0 Å². The van der Waals surface area contributed by atoms with Crippen molar-refractivity contribution in [2.75, 3.05) is 10.6 Å². The molecule has 0 aliphatic heterocycles. The summed E-state index contributed by atoms with van der Waals surface area (Å²) < 4.78 is 0.959. The van der Waals surface area contributed by atoms with E-state index in [2.05, 4.69) is 42.6 Å². The molecule has 3 aromatic rings. The van der Waals surface area contributed by atoms with Crippen LogP contribution in [0.1, 0.15) is 5.56 Å². The first-order valence-corrected chi connectivity index (χ1v) is 7.66. The van der Waals surface area contributed by atoms with Gasteiger partial charge in [-0.2, -0.15) is 10.2 Å². The molecule has 0 aliphatic rings. The minimum absolute atomic E-state index is 0.478. The maximum absolute atomic E-state index is 8.81. The zero-order valence-electron chi connectivity index (χ0n) is 12.0. The van der Waals surface area contributed by atoms with Crippen LogP contribution in [0.5, 0.6) is 0 Å². The Hall–Kier alpha value is -2.91. The normalized spacial score (nSPS) is 9.91. The summed E-state index contributed by atoms with van der Waals surface area (Å²) in [6.45, 7) is 0. The van der Waals surface area contributed by atoms with Gasteiger partial charge in [-0.3, -0.25) is 0 Å². The average Bonchev–Trinajstić information content (AvgIpc) is 2.58. The summed E-state index contributed by atoms with van der Waals surface area (Å²) in [4.78, 5) is 8.63. The Morgan fingerprint density at radius 3 is 2.48 bits per heavy atom. The number of benzene rings is 2. The molecule has 0 radical (unpaired) electrons. The molecule has 5 nitrogen and oxygen atoms in total. The Labute approximate surface area is 142 Å². The summed E-state index contributed by atoms with van der Waals surface area (Å²) in [5.41, 5.74) is 2.36. The number of hydrogen-bond acceptors (Lipinski definition) is 5. The molecule has 0 spiro atoms. The van der Waals surface area contributed by atoms with Gasteiger partial charge in [-0.1, -0.05) is 12.1 Å². The lowest BCUT2D eigenvalue weighted by atomic mass is 10.2. The molecular formula is C17H12BrN5. The van der Waals surface area contributed by atoms with E-state index in [4.69, 9.17) is 5.26 Å². The molecule has 1 aromatic heterocycles. The van der Waals surface area contributed by atoms with Crippen molar-refractivity contribution < 1.29 is 0 Å². The third-order valence-corrected chi connectivity index (χ3v) is 3.75. The highest BCUT2D eigenvalue weighted by atomic mass is 79.9. The fourth-order valence-electron chi connectivity index (χ4n) is 1.95. The van der Waals surface area contributed by atoms with Crippen molar-refractivity contribution in [2.24, 2.45) is 0 Å². The van der Waals surface area contributed by atoms with Crippen LogP contribution in [0, 0.1) is 11.3 Å². The molecule has 23 heavy (non-hydrogen) atoms. The van der Waals surface area contributed by atoms with Crippen LogP contribution in [-0.2, 0) is 0 Å². The number of aromatic nitrogens is 2. The number of nitrogens with zero attached hydrogens (tertiary/aromatic N) is 3. The Morgan fingerprint density at radius 2 is 1.74 bits per heavy atom. The second-order valence-corrected chi connectivity index (χ2v) is 5.54. The highest BCUT2D eigenvalue weighted by Crippen LogP contribution is 2.25. The van der Waals surface area contributed by atoms with Crippen molar-refractivity contribution in [3.63, 3.8) is 0 Å². The van der Waals surface area contributed by atoms with Gasteiger partial charge in [-0.15, -0.1) is 0 Å². The fraction of sp³-hybridized carbons (Fsp3) is 0. The van der Waals surface area contributed by atoms with E-state index in [1.165, 1.54) is 0 Å². The monoisotopic (exact) mass is 365 g/mol. The van der Waals surface area contributed by atoms with Gasteiger partial charge < -0.3 is 10.6 Å². The third-order valence-electron chi connectivity index (χ3n) is 3.06. The summed E-state index contributed by atoms with van der Waals surface area (Å²) >= 11 is 3.49. The smallest absolute Gasteiger partial charge is 0.229 e. The second kappa shape index (κ2) is 6.90. The Balaban J connectivity index is 1.77. The molecule has 0 saturated carbocycles. The number of anilines is 4. The first-order valence-electron chi connectivity index (χ1n) is 6.86. The minimum atomic E-state index is 0.478. The summed E-state index contributed by atoms with van der Waals surface area (Å²) in [5, 5.41) is 15.2. The van der Waals surface area contributed by atoms with Crippen LogP contribution in [0.15, 0.2) is 65.3 Å². The Kier molecular flexibility index (Phi) is 4.50. The topological polar surface area (TPSA) is 73.6 Å². The van der Waals surface area contributed by atoms with Crippen LogP contribution < -0.4 is 10.6 Å². The fourth-order valence-corrected chi connectivity index (χ4v) is 2.33. The zero-order chi connectivity index (χ0) is 16.1. The van der Waals surface area contributed by atoms with Crippen LogP contribution >= 0.6 is 15.9 Å². The SMILES string of the molecule is N#Cc1ccc(Nc2nccc(Nc3ccccc3Br)n2)cc1. The molecular weight excluding hydrogens is 354 g/mol. The quantitative estimate of drug-likeness (QED) is 0.706. The predicted molar refractivity (Wildman–Crippen MR) is 93.9 cm³/mol. The van der Waals surface area contributed by atoms with Crippen molar-refractivity contribution in [1.29, 1.82) is 5.26 Å². The van der Waals surface area contributed by atoms with Crippen molar-refractivity contribution in [3.05, 3.63) is 70.8 Å².